The summed E-state index contributed by atoms with van der Waals surface area (Å²) >= 11 is 0. The molecule has 1 aromatic rings. The number of ether oxygens (including phenoxy) is 1. The highest BCUT2D eigenvalue weighted by Crippen LogP contribution is 2.18. The minimum Gasteiger partial charge on any atom is -0.367 e. The van der Waals surface area contributed by atoms with Gasteiger partial charge in [-0.2, -0.15) is 13.2 Å². The van der Waals surface area contributed by atoms with Gasteiger partial charge in [0, 0.05) is 12.6 Å². The highest BCUT2D eigenvalue weighted by Gasteiger charge is 2.27. The monoisotopic (exact) mass is 289 g/mol. The van der Waals surface area contributed by atoms with E-state index in [1.807, 2.05) is 24.3 Å². The smallest absolute Gasteiger partial charge is 0.367 e. The zero-order valence-electron chi connectivity index (χ0n) is 12.1. The topological polar surface area (TPSA) is 21.3 Å². The van der Waals surface area contributed by atoms with Crippen molar-refractivity contribution in [1.29, 1.82) is 0 Å². The van der Waals surface area contributed by atoms with Gasteiger partial charge in [0.1, 0.15) is 6.61 Å². The number of halogens is 3. The molecule has 0 spiro atoms. The molecule has 0 fully saturated rings. The van der Waals surface area contributed by atoms with Gasteiger partial charge in [-0.15, -0.1) is 0 Å². The highest BCUT2D eigenvalue weighted by atomic mass is 19.4. The maximum Gasteiger partial charge on any atom is 0.411 e. The van der Waals surface area contributed by atoms with Crippen molar-refractivity contribution in [2.24, 2.45) is 0 Å². The van der Waals surface area contributed by atoms with Crippen LogP contribution >= 0.6 is 0 Å². The third kappa shape index (κ3) is 6.91. The average molecular weight is 289 g/mol. The Labute approximate surface area is 118 Å². The summed E-state index contributed by atoms with van der Waals surface area (Å²) in [5.41, 5.74) is 1.92. The first-order chi connectivity index (χ1) is 9.28. The Morgan fingerprint density at radius 2 is 1.70 bits per heavy atom. The van der Waals surface area contributed by atoms with E-state index in [2.05, 4.69) is 30.8 Å². The lowest BCUT2D eigenvalue weighted by atomic mass is 9.99. The Morgan fingerprint density at radius 3 is 2.20 bits per heavy atom. The van der Waals surface area contributed by atoms with Crippen molar-refractivity contribution in [3.05, 3.63) is 35.4 Å². The lowest BCUT2D eigenvalue weighted by Crippen LogP contribution is -2.26. The van der Waals surface area contributed by atoms with Gasteiger partial charge in [0.2, 0.25) is 0 Å². The zero-order valence-corrected chi connectivity index (χ0v) is 12.1. The van der Waals surface area contributed by atoms with Gasteiger partial charge in [0.05, 0.1) is 6.61 Å². The molecule has 0 aromatic heterocycles. The largest absolute Gasteiger partial charge is 0.411 e. The summed E-state index contributed by atoms with van der Waals surface area (Å²) in [6, 6.07) is 7.96. The second-order valence-electron chi connectivity index (χ2n) is 5.31. The molecule has 0 heterocycles. The minimum atomic E-state index is -4.27. The van der Waals surface area contributed by atoms with Crippen LogP contribution in [-0.4, -0.2) is 25.4 Å². The molecule has 0 aliphatic rings. The fraction of sp³-hybridized carbons (Fsp3) is 0.600. The quantitative estimate of drug-likeness (QED) is 0.823. The van der Waals surface area contributed by atoms with Crippen LogP contribution in [0.15, 0.2) is 24.3 Å². The summed E-state index contributed by atoms with van der Waals surface area (Å²) in [5, 5.41) is 3.36. The SMILES string of the molecule is CC(C)NCC(C)c1ccc(COCC(F)(F)F)cc1. The lowest BCUT2D eigenvalue weighted by molar-refractivity contribution is -0.176. The lowest BCUT2D eigenvalue weighted by Gasteiger charge is -2.15. The standard InChI is InChI=1S/C15H22F3NO/c1-11(2)19-8-12(3)14-6-4-13(5-7-14)9-20-10-15(16,17)18/h4-7,11-12,19H,8-10H2,1-3H3. The summed E-state index contributed by atoms with van der Waals surface area (Å²) in [6.45, 7) is 5.95. The molecule has 1 N–H and O–H groups in total. The van der Waals surface area contributed by atoms with Crippen molar-refractivity contribution in [3.63, 3.8) is 0 Å². The van der Waals surface area contributed by atoms with Crippen molar-refractivity contribution < 1.29 is 17.9 Å². The molecule has 0 bridgehead atoms. The van der Waals surface area contributed by atoms with Crippen molar-refractivity contribution in [3.8, 4) is 0 Å². The molecule has 0 aliphatic heterocycles. The molecule has 0 saturated carbocycles. The average Bonchev–Trinajstić information content (AvgIpc) is 2.35. The Bertz CT molecular complexity index is 387. The van der Waals surface area contributed by atoms with Crippen LogP contribution in [0.5, 0.6) is 0 Å². The van der Waals surface area contributed by atoms with E-state index >= 15 is 0 Å². The van der Waals surface area contributed by atoms with Crippen molar-refractivity contribution in [2.45, 2.75) is 45.5 Å². The first-order valence-electron chi connectivity index (χ1n) is 6.74. The molecular formula is C15H22F3NO. The maximum absolute atomic E-state index is 11.9. The normalized spacial score (nSPS) is 13.8. The molecule has 114 valence electrons. The Hall–Kier alpha value is -1.07. The molecular weight excluding hydrogens is 267 g/mol. The van der Waals surface area contributed by atoms with Crippen LogP contribution in [-0.2, 0) is 11.3 Å². The fourth-order valence-corrected chi connectivity index (χ4v) is 1.76. The van der Waals surface area contributed by atoms with Crippen LogP contribution in [0.25, 0.3) is 0 Å². The van der Waals surface area contributed by atoms with Gasteiger partial charge >= 0.3 is 6.18 Å². The Balaban J connectivity index is 2.43. The first kappa shape index (κ1) is 17.0. The third-order valence-electron chi connectivity index (χ3n) is 2.92. The second-order valence-corrected chi connectivity index (χ2v) is 5.31. The Kier molecular flexibility index (Phi) is 6.49. The van der Waals surface area contributed by atoms with Gasteiger partial charge in [-0.25, -0.2) is 0 Å². The number of alkyl halides is 3. The van der Waals surface area contributed by atoms with E-state index in [0.29, 0.717) is 12.0 Å². The van der Waals surface area contributed by atoms with Gasteiger partial charge in [0.15, 0.2) is 0 Å². The van der Waals surface area contributed by atoms with E-state index in [4.69, 9.17) is 0 Å². The highest BCUT2D eigenvalue weighted by molar-refractivity contribution is 5.24. The van der Waals surface area contributed by atoms with E-state index < -0.39 is 12.8 Å². The van der Waals surface area contributed by atoms with Gasteiger partial charge in [-0.1, -0.05) is 45.0 Å². The third-order valence-corrected chi connectivity index (χ3v) is 2.92. The van der Waals surface area contributed by atoms with Crippen LogP contribution in [0, 0.1) is 0 Å². The molecule has 1 aromatic carbocycles. The molecule has 0 saturated heterocycles. The molecule has 0 aliphatic carbocycles. The number of nitrogens with one attached hydrogen (secondary N) is 1. The van der Waals surface area contributed by atoms with Gasteiger partial charge < -0.3 is 10.1 Å². The van der Waals surface area contributed by atoms with Gasteiger partial charge in [-0.05, 0) is 17.0 Å². The van der Waals surface area contributed by atoms with E-state index in [9.17, 15) is 13.2 Å². The van der Waals surface area contributed by atoms with Crippen molar-refractivity contribution in [2.75, 3.05) is 13.2 Å². The number of rotatable bonds is 7. The molecule has 0 amide bonds. The van der Waals surface area contributed by atoms with Crippen molar-refractivity contribution >= 4 is 0 Å². The van der Waals surface area contributed by atoms with E-state index in [0.717, 1.165) is 17.7 Å². The van der Waals surface area contributed by atoms with E-state index in [-0.39, 0.29) is 6.61 Å². The second kappa shape index (κ2) is 7.64. The predicted molar refractivity (Wildman–Crippen MR) is 73.7 cm³/mol. The van der Waals surface area contributed by atoms with Crippen LogP contribution in [0.2, 0.25) is 0 Å². The molecule has 20 heavy (non-hydrogen) atoms. The summed E-state index contributed by atoms with van der Waals surface area (Å²) in [5.74, 6) is 0.363. The summed E-state index contributed by atoms with van der Waals surface area (Å²) < 4.78 is 40.5. The van der Waals surface area contributed by atoms with Crippen molar-refractivity contribution in [1.82, 2.24) is 5.32 Å². The fourth-order valence-electron chi connectivity index (χ4n) is 1.76. The van der Waals surface area contributed by atoms with Crippen LogP contribution in [0.3, 0.4) is 0 Å². The number of benzene rings is 1. The van der Waals surface area contributed by atoms with Crippen LogP contribution in [0.4, 0.5) is 13.2 Å². The molecule has 1 rings (SSSR count). The van der Waals surface area contributed by atoms with Gasteiger partial charge in [0.25, 0.3) is 0 Å². The predicted octanol–water partition coefficient (Wildman–Crippen LogP) is 3.87. The van der Waals surface area contributed by atoms with E-state index in [1.54, 1.807) is 0 Å². The van der Waals surface area contributed by atoms with Crippen LogP contribution < -0.4 is 5.32 Å². The summed E-state index contributed by atoms with van der Waals surface area (Å²) in [4.78, 5) is 0. The summed E-state index contributed by atoms with van der Waals surface area (Å²) in [7, 11) is 0. The number of hydrogen-bond acceptors (Lipinski definition) is 2. The number of hydrogen-bond donors (Lipinski definition) is 1. The maximum atomic E-state index is 11.9. The molecule has 2 nitrogen and oxygen atoms in total. The van der Waals surface area contributed by atoms with Gasteiger partial charge in [-0.3, -0.25) is 0 Å². The summed E-state index contributed by atoms with van der Waals surface area (Å²) in [6.07, 6.45) is -4.27. The molecule has 1 unspecified atom stereocenters. The molecule has 1 atom stereocenters. The molecule has 0 radical (unpaired) electrons. The van der Waals surface area contributed by atoms with E-state index in [1.165, 1.54) is 0 Å². The zero-order chi connectivity index (χ0) is 15.2. The minimum absolute atomic E-state index is 0.0155. The Morgan fingerprint density at radius 1 is 1.10 bits per heavy atom. The van der Waals surface area contributed by atoms with Crippen LogP contribution in [0.1, 0.15) is 37.8 Å². The molecule has 5 heteroatoms. The first-order valence-corrected chi connectivity index (χ1v) is 6.74.